The number of urea groups is 1. The van der Waals surface area contributed by atoms with Gasteiger partial charge in [-0.3, -0.25) is 14.5 Å². The summed E-state index contributed by atoms with van der Waals surface area (Å²) in [7, 11) is 3.20. The molecule has 2 aromatic carbocycles. The van der Waals surface area contributed by atoms with Crippen molar-refractivity contribution in [1.29, 1.82) is 0 Å². The molecule has 0 spiro atoms. The maximum atomic E-state index is 12.8. The SMILES string of the molecule is COc1ccc(CCNC(=O)CCCCCN2C(=O)[C@@H]3Cc4ccccc4CN3C2=O)cc1OC. The van der Waals surface area contributed by atoms with E-state index in [1.807, 2.05) is 42.5 Å². The summed E-state index contributed by atoms with van der Waals surface area (Å²) in [6, 6.07) is 13.1. The summed E-state index contributed by atoms with van der Waals surface area (Å²) in [5, 5.41) is 2.95. The second-order valence-corrected chi connectivity index (χ2v) is 8.99. The lowest BCUT2D eigenvalue weighted by molar-refractivity contribution is -0.128. The summed E-state index contributed by atoms with van der Waals surface area (Å²) in [5.74, 6) is 1.26. The maximum absolute atomic E-state index is 12.8. The molecule has 0 bridgehead atoms. The van der Waals surface area contributed by atoms with Gasteiger partial charge in [0.1, 0.15) is 6.04 Å². The lowest BCUT2D eigenvalue weighted by Gasteiger charge is -2.28. The predicted octanol–water partition coefficient (Wildman–Crippen LogP) is 3.31. The summed E-state index contributed by atoms with van der Waals surface area (Å²) >= 11 is 0. The molecule has 1 fully saturated rings. The van der Waals surface area contributed by atoms with Crippen molar-refractivity contribution in [3.63, 3.8) is 0 Å². The molecule has 1 saturated heterocycles. The Bertz CT molecular complexity index is 1040. The number of carbonyl (C=O) groups excluding carboxylic acids is 3. The number of hydrogen-bond donors (Lipinski definition) is 1. The molecule has 2 aromatic rings. The second-order valence-electron chi connectivity index (χ2n) is 8.99. The Labute approximate surface area is 206 Å². The highest BCUT2D eigenvalue weighted by Gasteiger charge is 2.46. The van der Waals surface area contributed by atoms with E-state index in [1.165, 1.54) is 4.90 Å². The molecule has 2 aliphatic heterocycles. The van der Waals surface area contributed by atoms with E-state index >= 15 is 0 Å². The van der Waals surface area contributed by atoms with Gasteiger partial charge < -0.3 is 19.7 Å². The number of nitrogens with one attached hydrogen (secondary N) is 1. The number of ether oxygens (including phenoxy) is 2. The normalized spacial score (nSPS) is 16.7. The molecule has 0 saturated carbocycles. The highest BCUT2D eigenvalue weighted by molar-refractivity contribution is 6.04. The molecule has 4 rings (SSSR count). The Balaban J connectivity index is 1.14. The molecule has 0 radical (unpaired) electrons. The van der Waals surface area contributed by atoms with Gasteiger partial charge in [-0.1, -0.05) is 36.8 Å². The summed E-state index contributed by atoms with van der Waals surface area (Å²) in [4.78, 5) is 40.9. The number of imide groups is 1. The number of rotatable bonds is 11. The van der Waals surface area contributed by atoms with Gasteiger partial charge in [-0.25, -0.2) is 4.79 Å². The van der Waals surface area contributed by atoms with Gasteiger partial charge in [-0.2, -0.15) is 0 Å². The molecule has 1 atom stereocenters. The quantitative estimate of drug-likeness (QED) is 0.395. The van der Waals surface area contributed by atoms with Crippen LogP contribution in [0.25, 0.3) is 0 Å². The molecule has 1 N–H and O–H groups in total. The topological polar surface area (TPSA) is 88.2 Å². The van der Waals surface area contributed by atoms with Crippen LogP contribution in [0, 0.1) is 0 Å². The van der Waals surface area contributed by atoms with Crippen molar-refractivity contribution < 1.29 is 23.9 Å². The fraction of sp³-hybridized carbons (Fsp3) is 0.444. The van der Waals surface area contributed by atoms with E-state index in [1.54, 1.807) is 19.1 Å². The van der Waals surface area contributed by atoms with Crippen LogP contribution in [0.5, 0.6) is 11.5 Å². The maximum Gasteiger partial charge on any atom is 0.327 e. The van der Waals surface area contributed by atoms with Crippen molar-refractivity contribution in [2.45, 2.75) is 51.1 Å². The number of carbonyl (C=O) groups is 3. The minimum Gasteiger partial charge on any atom is -0.493 e. The fourth-order valence-corrected chi connectivity index (χ4v) is 4.78. The first kappa shape index (κ1) is 24.6. The third-order valence-electron chi connectivity index (χ3n) is 6.75. The van der Waals surface area contributed by atoms with Crippen LogP contribution in [0.3, 0.4) is 0 Å². The van der Waals surface area contributed by atoms with Crippen LogP contribution in [0.2, 0.25) is 0 Å². The average molecular weight is 480 g/mol. The molecule has 0 unspecified atom stereocenters. The smallest absolute Gasteiger partial charge is 0.327 e. The van der Waals surface area contributed by atoms with Crippen LogP contribution >= 0.6 is 0 Å². The molecule has 8 nitrogen and oxygen atoms in total. The van der Waals surface area contributed by atoms with Gasteiger partial charge >= 0.3 is 6.03 Å². The Morgan fingerprint density at radius 1 is 1.00 bits per heavy atom. The van der Waals surface area contributed by atoms with Crippen molar-refractivity contribution in [2.75, 3.05) is 27.3 Å². The molecule has 4 amide bonds. The standard InChI is InChI=1S/C27H33N3O5/c1-34-23-12-11-19(16-24(23)35-2)13-14-28-25(31)10-4-3-7-15-29-26(32)22-17-20-8-5-6-9-21(20)18-30(22)27(29)33/h5-6,8-9,11-12,16,22H,3-4,7,10,13-15,17-18H2,1-2H3,(H,28,31)/t22-/m0/s1. The van der Waals surface area contributed by atoms with Crippen molar-refractivity contribution in [3.05, 3.63) is 59.2 Å². The molecule has 2 heterocycles. The molecule has 35 heavy (non-hydrogen) atoms. The predicted molar refractivity (Wildman–Crippen MR) is 131 cm³/mol. The first-order chi connectivity index (χ1) is 17.0. The number of unbranched alkanes of at least 4 members (excludes halogenated alkanes) is 2. The molecule has 0 aromatic heterocycles. The fourth-order valence-electron chi connectivity index (χ4n) is 4.78. The van der Waals surface area contributed by atoms with Gasteiger partial charge in [0, 0.05) is 32.5 Å². The van der Waals surface area contributed by atoms with E-state index < -0.39 is 0 Å². The third kappa shape index (κ3) is 5.58. The van der Waals surface area contributed by atoms with E-state index in [-0.39, 0.29) is 23.9 Å². The lowest BCUT2D eigenvalue weighted by Crippen LogP contribution is -2.39. The zero-order valence-corrected chi connectivity index (χ0v) is 20.4. The number of benzene rings is 2. The van der Waals surface area contributed by atoms with E-state index in [0.717, 1.165) is 29.5 Å². The Hall–Kier alpha value is -3.55. The summed E-state index contributed by atoms with van der Waals surface area (Å²) in [5.41, 5.74) is 3.32. The Morgan fingerprint density at radius 2 is 1.77 bits per heavy atom. The molecule has 0 aliphatic carbocycles. The van der Waals surface area contributed by atoms with Crippen LogP contribution < -0.4 is 14.8 Å². The van der Waals surface area contributed by atoms with E-state index in [4.69, 9.17) is 9.47 Å². The summed E-state index contributed by atoms with van der Waals surface area (Å²) in [6.45, 7) is 1.44. The van der Waals surface area contributed by atoms with Crippen LogP contribution in [-0.4, -0.2) is 61.0 Å². The van der Waals surface area contributed by atoms with E-state index in [2.05, 4.69) is 5.32 Å². The van der Waals surface area contributed by atoms with Gasteiger partial charge in [0.25, 0.3) is 5.91 Å². The third-order valence-corrected chi connectivity index (χ3v) is 6.75. The zero-order chi connectivity index (χ0) is 24.8. The molecule has 186 valence electrons. The average Bonchev–Trinajstić information content (AvgIpc) is 3.11. The number of hydrogen-bond acceptors (Lipinski definition) is 5. The van der Waals surface area contributed by atoms with Crippen LogP contribution in [0.1, 0.15) is 42.4 Å². The van der Waals surface area contributed by atoms with Gasteiger partial charge in [-0.15, -0.1) is 0 Å². The summed E-state index contributed by atoms with van der Waals surface area (Å²) in [6.07, 6.45) is 3.91. The lowest BCUT2D eigenvalue weighted by atomic mass is 9.95. The number of fused-ring (bicyclic) bond motifs is 2. The Morgan fingerprint density at radius 3 is 2.54 bits per heavy atom. The summed E-state index contributed by atoms with van der Waals surface area (Å²) < 4.78 is 10.6. The number of nitrogens with zero attached hydrogens (tertiary/aromatic N) is 2. The van der Waals surface area contributed by atoms with Gasteiger partial charge in [0.2, 0.25) is 5.91 Å². The Kier molecular flexibility index (Phi) is 7.90. The monoisotopic (exact) mass is 479 g/mol. The van der Waals surface area contributed by atoms with Crippen LogP contribution in [-0.2, 0) is 29.0 Å². The van der Waals surface area contributed by atoms with Gasteiger partial charge in [0.15, 0.2) is 11.5 Å². The van der Waals surface area contributed by atoms with Gasteiger partial charge in [0.05, 0.1) is 14.2 Å². The minimum absolute atomic E-state index is 0.00805. The van der Waals surface area contributed by atoms with Crippen LogP contribution in [0.15, 0.2) is 42.5 Å². The molecular weight excluding hydrogens is 446 g/mol. The van der Waals surface area contributed by atoms with Gasteiger partial charge in [-0.05, 0) is 48.1 Å². The molecule has 8 heteroatoms. The van der Waals surface area contributed by atoms with Crippen LogP contribution in [0.4, 0.5) is 4.79 Å². The number of amides is 4. The first-order valence-corrected chi connectivity index (χ1v) is 12.2. The zero-order valence-electron chi connectivity index (χ0n) is 20.4. The van der Waals surface area contributed by atoms with Crippen molar-refractivity contribution in [2.24, 2.45) is 0 Å². The largest absolute Gasteiger partial charge is 0.493 e. The highest BCUT2D eigenvalue weighted by atomic mass is 16.5. The molecular formula is C27H33N3O5. The minimum atomic E-state index is -0.381. The first-order valence-electron chi connectivity index (χ1n) is 12.2. The van der Waals surface area contributed by atoms with Crippen molar-refractivity contribution >= 4 is 17.8 Å². The molecule has 2 aliphatic rings. The van der Waals surface area contributed by atoms with E-state index in [0.29, 0.717) is 56.8 Å². The van der Waals surface area contributed by atoms with Crippen molar-refractivity contribution in [1.82, 2.24) is 15.1 Å². The second kappa shape index (κ2) is 11.3. The van der Waals surface area contributed by atoms with E-state index in [9.17, 15) is 14.4 Å². The number of methoxy groups -OCH3 is 2. The van der Waals surface area contributed by atoms with Crippen molar-refractivity contribution in [3.8, 4) is 11.5 Å². The highest BCUT2D eigenvalue weighted by Crippen LogP contribution is 2.30.